The molecule has 6 nitrogen and oxygen atoms in total. The van der Waals surface area contributed by atoms with Gasteiger partial charge in [-0.15, -0.1) is 5.10 Å². The molecule has 0 unspecified atom stereocenters. The number of ether oxygens (including phenoxy) is 1. The second-order valence-electron chi connectivity index (χ2n) is 5.49. The molecule has 0 fully saturated rings. The molecule has 120 valence electrons. The third-order valence-corrected chi connectivity index (χ3v) is 3.04. The molecule has 1 amide bonds. The van der Waals surface area contributed by atoms with Gasteiger partial charge in [0.1, 0.15) is 5.69 Å². The fourth-order valence-corrected chi connectivity index (χ4v) is 1.82. The lowest BCUT2D eigenvalue weighted by Gasteiger charge is -2.04. The van der Waals surface area contributed by atoms with Crippen molar-refractivity contribution in [3.63, 3.8) is 0 Å². The van der Waals surface area contributed by atoms with Gasteiger partial charge in [-0.05, 0) is 33.1 Å². The van der Waals surface area contributed by atoms with Crippen LogP contribution in [0.1, 0.15) is 58.6 Å². The van der Waals surface area contributed by atoms with Gasteiger partial charge < -0.3 is 10.1 Å². The number of unbranched alkanes of at least 4 members (excludes halogenated alkanes) is 2. The maximum atomic E-state index is 11.5. The standard InChI is InChI=1S/C15H28N4O2/c1-4-5-9-16-15(20)8-6-7-10-19-11-14(17-18-19)12-21-13(2)3/h11,13H,4-10,12H2,1-3H3,(H,16,20). The average Bonchev–Trinajstić information content (AvgIpc) is 2.89. The number of hydrogen-bond acceptors (Lipinski definition) is 4. The largest absolute Gasteiger partial charge is 0.372 e. The minimum atomic E-state index is 0.146. The Kier molecular flexibility index (Phi) is 8.66. The molecule has 0 bridgehead atoms. The molecule has 0 aliphatic heterocycles. The van der Waals surface area contributed by atoms with Crippen LogP contribution < -0.4 is 5.32 Å². The minimum Gasteiger partial charge on any atom is -0.372 e. The van der Waals surface area contributed by atoms with Crippen molar-refractivity contribution in [2.24, 2.45) is 0 Å². The number of hydrogen-bond donors (Lipinski definition) is 1. The van der Waals surface area contributed by atoms with Crippen LogP contribution in [0.3, 0.4) is 0 Å². The van der Waals surface area contributed by atoms with E-state index in [9.17, 15) is 4.79 Å². The number of rotatable bonds is 11. The lowest BCUT2D eigenvalue weighted by Crippen LogP contribution is -2.23. The van der Waals surface area contributed by atoms with Gasteiger partial charge in [-0.3, -0.25) is 9.48 Å². The van der Waals surface area contributed by atoms with Crippen molar-refractivity contribution in [2.45, 2.75) is 72.1 Å². The quantitative estimate of drug-likeness (QED) is 0.636. The van der Waals surface area contributed by atoms with E-state index in [0.29, 0.717) is 13.0 Å². The smallest absolute Gasteiger partial charge is 0.219 e. The molecule has 0 aliphatic rings. The van der Waals surface area contributed by atoms with Crippen LogP contribution in [-0.2, 0) is 22.7 Å². The molecular formula is C15H28N4O2. The molecule has 1 rings (SSSR count). The first kappa shape index (κ1) is 17.6. The second kappa shape index (κ2) is 10.3. The van der Waals surface area contributed by atoms with Crippen LogP contribution in [0.25, 0.3) is 0 Å². The van der Waals surface area contributed by atoms with E-state index in [1.54, 1.807) is 0 Å². The molecule has 1 aromatic heterocycles. The highest BCUT2D eigenvalue weighted by molar-refractivity contribution is 5.75. The van der Waals surface area contributed by atoms with E-state index < -0.39 is 0 Å². The monoisotopic (exact) mass is 296 g/mol. The summed E-state index contributed by atoms with van der Waals surface area (Å²) in [5, 5.41) is 11.0. The molecule has 0 saturated carbocycles. The van der Waals surface area contributed by atoms with Crippen molar-refractivity contribution >= 4 is 5.91 Å². The number of amides is 1. The molecule has 0 aromatic carbocycles. The maximum Gasteiger partial charge on any atom is 0.219 e. The second-order valence-corrected chi connectivity index (χ2v) is 5.49. The van der Waals surface area contributed by atoms with Gasteiger partial charge in [0.25, 0.3) is 0 Å². The summed E-state index contributed by atoms with van der Waals surface area (Å²) in [6.07, 6.45) is 6.64. The maximum absolute atomic E-state index is 11.5. The van der Waals surface area contributed by atoms with Crippen molar-refractivity contribution in [2.75, 3.05) is 6.54 Å². The third-order valence-electron chi connectivity index (χ3n) is 3.04. The summed E-state index contributed by atoms with van der Waals surface area (Å²) in [5.41, 5.74) is 0.848. The third kappa shape index (κ3) is 8.45. The number of nitrogens with zero attached hydrogens (tertiary/aromatic N) is 3. The van der Waals surface area contributed by atoms with Gasteiger partial charge in [0.15, 0.2) is 0 Å². The molecule has 0 spiro atoms. The summed E-state index contributed by atoms with van der Waals surface area (Å²) in [7, 11) is 0. The normalized spacial score (nSPS) is 11.0. The fraction of sp³-hybridized carbons (Fsp3) is 0.800. The highest BCUT2D eigenvalue weighted by Gasteiger charge is 2.04. The molecule has 1 heterocycles. The van der Waals surface area contributed by atoms with Crippen molar-refractivity contribution < 1.29 is 9.53 Å². The topological polar surface area (TPSA) is 69.0 Å². The van der Waals surface area contributed by atoms with E-state index in [4.69, 9.17) is 4.74 Å². The Morgan fingerprint density at radius 2 is 2.19 bits per heavy atom. The van der Waals surface area contributed by atoms with Crippen molar-refractivity contribution in [3.8, 4) is 0 Å². The zero-order chi connectivity index (χ0) is 15.5. The van der Waals surface area contributed by atoms with Gasteiger partial charge in [-0.2, -0.15) is 0 Å². The molecule has 6 heteroatoms. The highest BCUT2D eigenvalue weighted by atomic mass is 16.5. The highest BCUT2D eigenvalue weighted by Crippen LogP contribution is 2.02. The molecule has 0 radical (unpaired) electrons. The van der Waals surface area contributed by atoms with Crippen molar-refractivity contribution in [3.05, 3.63) is 11.9 Å². The number of carbonyl (C=O) groups is 1. The summed E-state index contributed by atoms with van der Waals surface area (Å²) >= 11 is 0. The zero-order valence-electron chi connectivity index (χ0n) is 13.5. The van der Waals surface area contributed by atoms with Crippen molar-refractivity contribution in [1.29, 1.82) is 0 Å². The summed E-state index contributed by atoms with van der Waals surface area (Å²) in [6.45, 7) is 8.18. The molecule has 1 N–H and O–H groups in total. The first-order valence-corrected chi connectivity index (χ1v) is 7.89. The van der Waals surface area contributed by atoms with E-state index in [2.05, 4.69) is 22.6 Å². The van der Waals surface area contributed by atoms with Gasteiger partial charge >= 0.3 is 0 Å². The molecule has 0 atom stereocenters. The van der Waals surface area contributed by atoms with Crippen LogP contribution in [0, 0.1) is 0 Å². The Hall–Kier alpha value is -1.43. The molecule has 0 aliphatic carbocycles. The summed E-state index contributed by atoms with van der Waals surface area (Å²) in [4.78, 5) is 11.5. The molecule has 0 saturated heterocycles. The van der Waals surface area contributed by atoms with E-state index in [-0.39, 0.29) is 12.0 Å². The van der Waals surface area contributed by atoms with Gasteiger partial charge in [-0.25, -0.2) is 0 Å². The Morgan fingerprint density at radius 1 is 1.38 bits per heavy atom. The Labute approximate surface area is 127 Å². The Bertz CT molecular complexity index is 404. The van der Waals surface area contributed by atoms with E-state index >= 15 is 0 Å². The summed E-state index contributed by atoms with van der Waals surface area (Å²) in [6, 6.07) is 0. The average molecular weight is 296 g/mol. The molecule has 21 heavy (non-hydrogen) atoms. The lowest BCUT2D eigenvalue weighted by atomic mass is 10.2. The number of nitrogens with one attached hydrogen (secondary N) is 1. The SMILES string of the molecule is CCCCNC(=O)CCCCn1cc(COC(C)C)nn1. The lowest BCUT2D eigenvalue weighted by molar-refractivity contribution is -0.121. The molecular weight excluding hydrogens is 268 g/mol. The first-order valence-electron chi connectivity index (χ1n) is 7.89. The minimum absolute atomic E-state index is 0.146. The fourth-order valence-electron chi connectivity index (χ4n) is 1.82. The van der Waals surface area contributed by atoms with Crippen LogP contribution in [-0.4, -0.2) is 33.5 Å². The predicted octanol–water partition coefficient (Wildman–Crippen LogP) is 2.29. The summed E-state index contributed by atoms with van der Waals surface area (Å²) in [5.74, 6) is 0.146. The van der Waals surface area contributed by atoms with Crippen LogP contribution in [0.2, 0.25) is 0 Å². The predicted molar refractivity (Wildman–Crippen MR) is 81.7 cm³/mol. The van der Waals surface area contributed by atoms with Crippen LogP contribution in [0.5, 0.6) is 0 Å². The van der Waals surface area contributed by atoms with Crippen LogP contribution in [0.4, 0.5) is 0 Å². The van der Waals surface area contributed by atoms with E-state index in [1.807, 2.05) is 24.7 Å². The van der Waals surface area contributed by atoms with Crippen LogP contribution >= 0.6 is 0 Å². The number of carbonyl (C=O) groups excluding carboxylic acids is 1. The Morgan fingerprint density at radius 3 is 2.90 bits per heavy atom. The number of aromatic nitrogens is 3. The molecule has 1 aromatic rings. The van der Waals surface area contributed by atoms with Gasteiger partial charge in [0.2, 0.25) is 5.91 Å². The summed E-state index contributed by atoms with van der Waals surface area (Å²) < 4.78 is 7.29. The van der Waals surface area contributed by atoms with Crippen molar-refractivity contribution in [1.82, 2.24) is 20.3 Å². The zero-order valence-corrected chi connectivity index (χ0v) is 13.5. The number of aryl methyl sites for hydroxylation is 1. The van der Waals surface area contributed by atoms with E-state index in [0.717, 1.165) is 44.5 Å². The van der Waals surface area contributed by atoms with E-state index in [1.165, 1.54) is 0 Å². The van der Waals surface area contributed by atoms with Gasteiger partial charge in [-0.1, -0.05) is 18.6 Å². The van der Waals surface area contributed by atoms with Gasteiger partial charge in [0.05, 0.1) is 18.9 Å². The van der Waals surface area contributed by atoms with Crippen LogP contribution in [0.15, 0.2) is 6.20 Å². The first-order chi connectivity index (χ1) is 10.1. The van der Waals surface area contributed by atoms with Gasteiger partial charge in [0, 0.05) is 19.5 Å². The Balaban J connectivity index is 2.11.